The molecule has 9 heteroatoms. The second kappa shape index (κ2) is 8.20. The highest BCUT2D eigenvalue weighted by molar-refractivity contribution is 6.00. The third-order valence-electron chi connectivity index (χ3n) is 3.98. The van der Waals surface area contributed by atoms with Gasteiger partial charge in [-0.15, -0.1) is 13.2 Å². The van der Waals surface area contributed by atoms with Gasteiger partial charge < -0.3 is 19.7 Å². The molecule has 0 saturated carbocycles. The van der Waals surface area contributed by atoms with Crippen LogP contribution in [0.1, 0.15) is 41.3 Å². The smallest absolute Gasteiger partial charge is 0.504 e. The summed E-state index contributed by atoms with van der Waals surface area (Å²) in [7, 11) is 0. The summed E-state index contributed by atoms with van der Waals surface area (Å²) in [6.07, 6.45) is -5.25. The number of phenolic OH excluding ortho intramolecular Hbond substituents is 2. The van der Waals surface area contributed by atoms with Crippen LogP contribution in [0.2, 0.25) is 0 Å². The fourth-order valence-corrected chi connectivity index (χ4v) is 2.54. The van der Waals surface area contributed by atoms with Crippen LogP contribution in [0.4, 0.5) is 13.2 Å². The van der Waals surface area contributed by atoms with Crippen LogP contribution in [0, 0.1) is 0 Å². The zero-order chi connectivity index (χ0) is 21.1. The normalized spacial score (nSPS) is 12.3. The number of hydrogen-bond donors (Lipinski definition) is 2. The predicted molar refractivity (Wildman–Crippen MR) is 91.1 cm³/mol. The van der Waals surface area contributed by atoms with E-state index in [1.165, 1.54) is 13.8 Å². The Balaban J connectivity index is 2.31. The molecule has 0 aromatic heterocycles. The minimum atomic E-state index is -5.16. The summed E-state index contributed by atoms with van der Waals surface area (Å²) in [6.45, 7) is 2.97. The van der Waals surface area contributed by atoms with E-state index in [0.717, 1.165) is 0 Å². The molecular formula is C19H17F3O6. The zero-order valence-corrected chi connectivity index (χ0v) is 14.9. The number of aromatic hydroxyl groups is 2. The number of carbonyl (C=O) groups excluding carboxylic acids is 2. The van der Waals surface area contributed by atoms with Gasteiger partial charge in [0.1, 0.15) is 0 Å². The lowest BCUT2D eigenvalue weighted by Gasteiger charge is -2.17. The lowest BCUT2D eigenvalue weighted by molar-refractivity contribution is -0.275. The van der Waals surface area contributed by atoms with Gasteiger partial charge in [-0.1, -0.05) is 37.3 Å². The molecule has 0 amide bonds. The number of carbonyl (C=O) groups is 2. The summed E-state index contributed by atoms with van der Waals surface area (Å²) in [5.41, 5.74) is -0.113. The van der Waals surface area contributed by atoms with Gasteiger partial charge in [-0.05, 0) is 25.0 Å². The number of benzene rings is 2. The second-order valence-electron chi connectivity index (χ2n) is 5.84. The quantitative estimate of drug-likeness (QED) is 0.583. The van der Waals surface area contributed by atoms with E-state index in [9.17, 15) is 33.0 Å². The molecule has 2 aromatic rings. The Bertz CT molecular complexity index is 877. The lowest BCUT2D eigenvalue weighted by atomic mass is 10.0. The average molecular weight is 398 g/mol. The van der Waals surface area contributed by atoms with Gasteiger partial charge in [0.2, 0.25) is 5.75 Å². The van der Waals surface area contributed by atoms with E-state index in [1.807, 2.05) is 0 Å². The van der Waals surface area contributed by atoms with Crippen LogP contribution in [0.25, 0.3) is 0 Å². The van der Waals surface area contributed by atoms with Gasteiger partial charge >= 0.3 is 18.3 Å². The maximum absolute atomic E-state index is 12.4. The van der Waals surface area contributed by atoms with Gasteiger partial charge in [-0.3, -0.25) is 4.79 Å². The van der Waals surface area contributed by atoms with Crippen LogP contribution in [-0.4, -0.2) is 28.5 Å². The van der Waals surface area contributed by atoms with Gasteiger partial charge in [-0.25, -0.2) is 4.79 Å². The van der Waals surface area contributed by atoms with Gasteiger partial charge in [0.05, 0.1) is 11.5 Å². The maximum atomic E-state index is 12.4. The molecule has 0 saturated heterocycles. The number of hydrogen-bond acceptors (Lipinski definition) is 6. The molecule has 28 heavy (non-hydrogen) atoms. The molecule has 0 radical (unpaired) electrons. The highest BCUT2D eigenvalue weighted by Gasteiger charge is 2.35. The highest BCUT2D eigenvalue weighted by Crippen LogP contribution is 2.43. The fraction of sp³-hybridized carbons (Fsp3) is 0.263. The molecule has 0 fully saturated rings. The Labute approximate surface area is 158 Å². The Kier molecular flexibility index (Phi) is 6.17. The number of esters is 2. The topological polar surface area (TPSA) is 93.1 Å². The van der Waals surface area contributed by atoms with Crippen molar-refractivity contribution in [3.8, 4) is 17.2 Å². The molecular weight excluding hydrogens is 381 g/mol. The Hall–Kier alpha value is -3.23. The molecule has 0 bridgehead atoms. The van der Waals surface area contributed by atoms with Crippen LogP contribution < -0.4 is 4.74 Å². The molecule has 150 valence electrons. The largest absolute Gasteiger partial charge is 0.573 e. The van der Waals surface area contributed by atoms with Crippen LogP contribution in [0.3, 0.4) is 0 Å². The van der Waals surface area contributed by atoms with Gasteiger partial charge in [0, 0.05) is 5.56 Å². The first kappa shape index (κ1) is 21.1. The van der Waals surface area contributed by atoms with E-state index in [-0.39, 0.29) is 12.0 Å². The number of ether oxygens (including phenoxy) is 2. The van der Waals surface area contributed by atoms with Crippen LogP contribution in [-0.2, 0) is 16.0 Å². The molecule has 0 heterocycles. The monoisotopic (exact) mass is 398 g/mol. The summed E-state index contributed by atoms with van der Waals surface area (Å²) >= 11 is 0. The van der Waals surface area contributed by atoms with Crippen molar-refractivity contribution < 1.29 is 42.4 Å². The molecule has 1 atom stereocenters. The van der Waals surface area contributed by atoms with E-state index in [2.05, 4.69) is 4.74 Å². The molecule has 2 N–H and O–H groups in total. The van der Waals surface area contributed by atoms with Crippen molar-refractivity contribution in [3.05, 3.63) is 53.1 Å². The summed E-state index contributed by atoms with van der Waals surface area (Å²) in [6, 6.07) is 9.12. The first-order chi connectivity index (χ1) is 13.0. The fourth-order valence-electron chi connectivity index (χ4n) is 2.54. The number of phenols is 2. The first-order valence-corrected chi connectivity index (χ1v) is 8.19. The van der Waals surface area contributed by atoms with Crippen molar-refractivity contribution in [1.82, 2.24) is 0 Å². The Morgan fingerprint density at radius 1 is 1.14 bits per heavy atom. The minimum Gasteiger partial charge on any atom is -0.504 e. The van der Waals surface area contributed by atoms with Crippen molar-refractivity contribution >= 4 is 11.9 Å². The molecule has 2 aromatic carbocycles. The summed E-state index contributed by atoms with van der Waals surface area (Å²) in [4.78, 5) is 24.6. The molecule has 1 unspecified atom stereocenters. The average Bonchev–Trinajstić information content (AvgIpc) is 2.64. The van der Waals surface area contributed by atoms with Crippen molar-refractivity contribution in [1.29, 1.82) is 0 Å². The summed E-state index contributed by atoms with van der Waals surface area (Å²) in [5, 5.41) is 19.8. The van der Waals surface area contributed by atoms with Gasteiger partial charge in [0.25, 0.3) is 0 Å². The van der Waals surface area contributed by atoms with E-state index in [1.54, 1.807) is 30.3 Å². The van der Waals surface area contributed by atoms with Crippen molar-refractivity contribution in [2.24, 2.45) is 0 Å². The Morgan fingerprint density at radius 2 is 1.75 bits per heavy atom. The standard InChI is InChI=1S/C19H17F3O6/c1-3-12-13(9-14(23)16(15(12)24)28-19(20,21)22)18(26)27-17(25)10(2)11-7-5-4-6-8-11/h4-10,23-24H,3H2,1-2H3. The van der Waals surface area contributed by atoms with Crippen molar-refractivity contribution in [2.75, 3.05) is 0 Å². The molecule has 0 aliphatic rings. The predicted octanol–water partition coefficient (Wildman–Crippen LogP) is 4.05. The van der Waals surface area contributed by atoms with Crippen LogP contribution in [0.15, 0.2) is 36.4 Å². The zero-order valence-electron chi connectivity index (χ0n) is 14.9. The molecule has 0 spiro atoms. The van der Waals surface area contributed by atoms with Crippen molar-refractivity contribution in [3.63, 3.8) is 0 Å². The second-order valence-corrected chi connectivity index (χ2v) is 5.84. The van der Waals surface area contributed by atoms with E-state index in [4.69, 9.17) is 4.74 Å². The molecule has 2 rings (SSSR count). The number of rotatable bonds is 5. The van der Waals surface area contributed by atoms with Crippen LogP contribution >= 0.6 is 0 Å². The molecule has 0 aliphatic heterocycles. The van der Waals surface area contributed by atoms with Crippen LogP contribution in [0.5, 0.6) is 17.2 Å². The van der Waals surface area contributed by atoms with Crippen molar-refractivity contribution in [2.45, 2.75) is 32.5 Å². The SMILES string of the molecule is CCc1c(C(=O)OC(=O)C(C)c2ccccc2)cc(O)c(OC(F)(F)F)c1O. The molecule has 6 nitrogen and oxygen atoms in total. The minimum absolute atomic E-state index is 0.0901. The van der Waals surface area contributed by atoms with Gasteiger partial charge in [0.15, 0.2) is 11.5 Å². The van der Waals surface area contributed by atoms with E-state index >= 15 is 0 Å². The molecule has 0 aliphatic carbocycles. The summed E-state index contributed by atoms with van der Waals surface area (Å²) in [5.74, 6) is -6.31. The van der Waals surface area contributed by atoms with Gasteiger partial charge in [-0.2, -0.15) is 0 Å². The van der Waals surface area contributed by atoms with E-state index in [0.29, 0.717) is 11.6 Å². The number of alkyl halides is 3. The number of halogens is 3. The third-order valence-corrected chi connectivity index (χ3v) is 3.98. The van der Waals surface area contributed by atoms with E-state index < -0.39 is 47.0 Å². The third kappa shape index (κ3) is 4.73. The summed E-state index contributed by atoms with van der Waals surface area (Å²) < 4.78 is 45.7. The maximum Gasteiger partial charge on any atom is 0.573 e. The first-order valence-electron chi connectivity index (χ1n) is 8.19. The lowest BCUT2D eigenvalue weighted by Crippen LogP contribution is -2.20. The Morgan fingerprint density at radius 3 is 2.29 bits per heavy atom. The highest BCUT2D eigenvalue weighted by atomic mass is 19.4.